The van der Waals surface area contributed by atoms with E-state index in [0.717, 1.165) is 16.4 Å². The molecule has 0 fully saturated rings. The molecule has 2 aromatic rings. The van der Waals surface area contributed by atoms with Gasteiger partial charge >= 0.3 is 5.97 Å². The third kappa shape index (κ3) is 3.04. The van der Waals surface area contributed by atoms with E-state index in [2.05, 4.69) is 0 Å². The lowest BCUT2D eigenvalue weighted by Crippen LogP contribution is -2.38. The van der Waals surface area contributed by atoms with Crippen LogP contribution in [0.2, 0.25) is 5.02 Å². The Morgan fingerprint density at radius 1 is 1.35 bits per heavy atom. The third-order valence-electron chi connectivity index (χ3n) is 3.77. The van der Waals surface area contributed by atoms with Crippen LogP contribution < -0.4 is 13.8 Å². The van der Waals surface area contributed by atoms with Gasteiger partial charge in [-0.15, -0.1) is 0 Å². The molecule has 1 aliphatic heterocycles. The van der Waals surface area contributed by atoms with E-state index >= 15 is 0 Å². The molecule has 7 nitrogen and oxygen atoms in total. The summed E-state index contributed by atoms with van der Waals surface area (Å²) in [7, 11) is -2.91. The molecule has 0 amide bonds. The Hall–Kier alpha value is -2.52. The number of halogens is 2. The maximum Gasteiger partial charge on any atom is 0.335 e. The fraction of sp³-hybridized carbons (Fsp3) is 0.188. The molecule has 1 heterocycles. The highest BCUT2D eigenvalue weighted by atomic mass is 35.5. The van der Waals surface area contributed by atoms with Crippen LogP contribution >= 0.6 is 11.6 Å². The van der Waals surface area contributed by atoms with Crippen LogP contribution in [0.25, 0.3) is 0 Å². The zero-order chi connectivity index (χ0) is 19.1. The average Bonchev–Trinajstić information content (AvgIpc) is 2.61. The molecule has 0 bridgehead atoms. The number of methoxy groups -OCH3 is 1. The molecular formula is C16H13ClFNO6S. The van der Waals surface area contributed by atoms with Crippen LogP contribution in [0.4, 0.5) is 10.1 Å². The molecule has 0 spiro atoms. The van der Waals surface area contributed by atoms with Crippen molar-refractivity contribution in [3.63, 3.8) is 0 Å². The molecule has 0 aromatic heterocycles. The number of aromatic carboxylic acids is 1. The fourth-order valence-corrected chi connectivity index (χ4v) is 4.47. The van der Waals surface area contributed by atoms with E-state index in [1.165, 1.54) is 25.3 Å². The van der Waals surface area contributed by atoms with Gasteiger partial charge in [-0.2, -0.15) is 0 Å². The zero-order valence-corrected chi connectivity index (χ0v) is 15.0. The van der Waals surface area contributed by atoms with Crippen LogP contribution in [0.5, 0.6) is 11.5 Å². The molecule has 0 atom stereocenters. The molecule has 2 aromatic carbocycles. The summed E-state index contributed by atoms with van der Waals surface area (Å²) in [6.45, 7) is -0.230. The third-order valence-corrected chi connectivity index (χ3v) is 5.84. The van der Waals surface area contributed by atoms with Crippen molar-refractivity contribution in [2.24, 2.45) is 0 Å². The molecule has 0 saturated carbocycles. The summed E-state index contributed by atoms with van der Waals surface area (Å²) >= 11 is 5.91. The summed E-state index contributed by atoms with van der Waals surface area (Å²) in [6, 6.07) is 5.90. The van der Waals surface area contributed by atoms with Crippen molar-refractivity contribution in [1.29, 1.82) is 0 Å². The zero-order valence-electron chi connectivity index (χ0n) is 13.4. The predicted octanol–water partition coefficient (Wildman–Crippen LogP) is 2.77. The number of anilines is 1. The van der Waals surface area contributed by atoms with E-state index in [9.17, 15) is 17.6 Å². The van der Waals surface area contributed by atoms with Gasteiger partial charge in [-0.25, -0.2) is 17.6 Å². The lowest BCUT2D eigenvalue weighted by atomic mass is 10.1. The second-order valence-corrected chi connectivity index (χ2v) is 7.60. The molecule has 0 radical (unpaired) electrons. The van der Waals surface area contributed by atoms with Gasteiger partial charge in [0, 0.05) is 5.02 Å². The first kappa shape index (κ1) is 18.3. The topological polar surface area (TPSA) is 93.1 Å². The van der Waals surface area contributed by atoms with Gasteiger partial charge in [-0.05, 0) is 30.3 Å². The Bertz CT molecular complexity index is 994. The van der Waals surface area contributed by atoms with Crippen molar-refractivity contribution in [1.82, 2.24) is 0 Å². The summed E-state index contributed by atoms with van der Waals surface area (Å²) in [5.41, 5.74) is -0.597. The van der Waals surface area contributed by atoms with Crippen LogP contribution in [-0.4, -0.2) is 39.8 Å². The number of hydrogen-bond donors (Lipinski definition) is 1. The number of rotatable bonds is 4. The monoisotopic (exact) mass is 401 g/mol. The number of nitrogens with zero attached hydrogens (tertiary/aromatic N) is 1. The predicted molar refractivity (Wildman–Crippen MR) is 91.4 cm³/mol. The molecule has 1 N–H and O–H groups in total. The van der Waals surface area contributed by atoms with Crippen LogP contribution in [0, 0.1) is 5.82 Å². The minimum absolute atomic E-state index is 0.0531. The van der Waals surface area contributed by atoms with Crippen molar-refractivity contribution < 1.29 is 32.2 Å². The van der Waals surface area contributed by atoms with E-state index < -0.39 is 27.4 Å². The molecule has 3 rings (SSSR count). The Labute approximate surface area is 153 Å². The lowest BCUT2D eigenvalue weighted by Gasteiger charge is -2.31. The Morgan fingerprint density at radius 3 is 2.73 bits per heavy atom. The molecule has 0 unspecified atom stereocenters. The number of carbonyl (C=O) groups is 1. The molecule has 1 aliphatic rings. The van der Waals surface area contributed by atoms with Crippen molar-refractivity contribution in [2.75, 3.05) is 24.6 Å². The highest BCUT2D eigenvalue weighted by Crippen LogP contribution is 2.40. The summed E-state index contributed by atoms with van der Waals surface area (Å²) < 4.78 is 51.7. The second-order valence-electron chi connectivity index (χ2n) is 5.33. The summed E-state index contributed by atoms with van der Waals surface area (Å²) in [4.78, 5) is 11.0. The number of fused-ring (bicyclic) bond motifs is 1. The number of sulfonamides is 1. The first-order valence-electron chi connectivity index (χ1n) is 7.31. The van der Waals surface area contributed by atoms with Gasteiger partial charge in [0.25, 0.3) is 10.0 Å². The van der Waals surface area contributed by atoms with Gasteiger partial charge in [0.15, 0.2) is 11.6 Å². The highest BCUT2D eigenvalue weighted by Gasteiger charge is 2.34. The van der Waals surface area contributed by atoms with Crippen molar-refractivity contribution in [3.05, 3.63) is 46.7 Å². The maximum absolute atomic E-state index is 14.2. The Morgan fingerprint density at radius 2 is 2.08 bits per heavy atom. The fourth-order valence-electron chi connectivity index (χ4n) is 2.60. The smallest absolute Gasteiger partial charge is 0.335 e. The molecule has 0 aliphatic carbocycles. The van der Waals surface area contributed by atoms with Gasteiger partial charge in [0.1, 0.15) is 17.3 Å². The first-order chi connectivity index (χ1) is 12.3. The molecule has 138 valence electrons. The van der Waals surface area contributed by atoms with Crippen LogP contribution in [0.15, 0.2) is 35.2 Å². The summed E-state index contributed by atoms with van der Waals surface area (Å²) in [6.07, 6.45) is 0. The Balaban J connectivity index is 2.21. The molecule has 10 heteroatoms. The van der Waals surface area contributed by atoms with Crippen molar-refractivity contribution in [3.8, 4) is 11.5 Å². The lowest BCUT2D eigenvalue weighted by molar-refractivity contribution is 0.0696. The van der Waals surface area contributed by atoms with Crippen LogP contribution in [0.3, 0.4) is 0 Å². The maximum atomic E-state index is 14.2. The van der Waals surface area contributed by atoms with E-state index in [1.807, 2.05) is 0 Å². The molecular weight excluding hydrogens is 389 g/mol. The van der Waals surface area contributed by atoms with E-state index in [4.69, 9.17) is 26.2 Å². The van der Waals surface area contributed by atoms with Gasteiger partial charge in [0.05, 0.1) is 24.9 Å². The van der Waals surface area contributed by atoms with Gasteiger partial charge in [0.2, 0.25) is 0 Å². The highest BCUT2D eigenvalue weighted by molar-refractivity contribution is 7.93. The van der Waals surface area contributed by atoms with Crippen LogP contribution in [0.1, 0.15) is 10.4 Å². The van der Waals surface area contributed by atoms with Crippen molar-refractivity contribution in [2.45, 2.75) is 4.90 Å². The number of benzene rings is 2. The number of carboxylic acid groups (broad SMARTS) is 1. The second kappa shape index (κ2) is 6.65. The summed E-state index contributed by atoms with van der Waals surface area (Å²) in [5.74, 6) is -2.63. The summed E-state index contributed by atoms with van der Waals surface area (Å²) in [5, 5.41) is 9.29. The standard InChI is InChI=1S/C16H13ClFNO6S/c1-24-13-3-2-10(17)8-14(13)26(22,23)19-4-5-25-15-11(18)6-9(16(20)21)7-12(15)19/h2-3,6-8H,4-5H2,1H3,(H,20,21). The number of carboxylic acids is 1. The minimum Gasteiger partial charge on any atom is -0.495 e. The first-order valence-corrected chi connectivity index (χ1v) is 9.13. The van der Waals surface area contributed by atoms with Gasteiger partial charge in [-0.1, -0.05) is 11.6 Å². The average molecular weight is 402 g/mol. The van der Waals surface area contributed by atoms with Crippen molar-refractivity contribution >= 4 is 33.3 Å². The minimum atomic E-state index is -4.22. The molecule has 0 saturated heterocycles. The number of hydrogen-bond acceptors (Lipinski definition) is 5. The SMILES string of the molecule is COc1ccc(Cl)cc1S(=O)(=O)N1CCOc2c(F)cc(C(=O)O)cc21. The van der Waals surface area contributed by atoms with Crippen LogP contribution in [-0.2, 0) is 10.0 Å². The normalized spacial score (nSPS) is 13.7. The Kier molecular flexibility index (Phi) is 4.68. The largest absolute Gasteiger partial charge is 0.495 e. The van der Waals surface area contributed by atoms with E-state index in [0.29, 0.717) is 0 Å². The van der Waals surface area contributed by atoms with E-state index in [-0.39, 0.29) is 40.3 Å². The van der Waals surface area contributed by atoms with Gasteiger partial charge < -0.3 is 14.6 Å². The number of ether oxygens (including phenoxy) is 2. The molecule has 26 heavy (non-hydrogen) atoms. The quantitative estimate of drug-likeness (QED) is 0.846. The van der Waals surface area contributed by atoms with E-state index in [1.54, 1.807) is 0 Å². The van der Waals surface area contributed by atoms with Gasteiger partial charge in [-0.3, -0.25) is 4.31 Å².